The highest BCUT2D eigenvalue weighted by atomic mass is 19.4. The highest BCUT2D eigenvalue weighted by Crippen LogP contribution is 2.31. The lowest BCUT2D eigenvalue weighted by Gasteiger charge is -2.32. The molecule has 1 aliphatic heterocycles. The summed E-state index contributed by atoms with van der Waals surface area (Å²) in [5.74, 6) is -0.301. The first-order chi connectivity index (χ1) is 12.3. The quantitative estimate of drug-likeness (QED) is 0.836. The predicted octanol–water partition coefficient (Wildman–Crippen LogP) is 2.81. The fourth-order valence-electron chi connectivity index (χ4n) is 3.12. The summed E-state index contributed by atoms with van der Waals surface area (Å²) in [6, 6.07) is 5.01. The fourth-order valence-corrected chi connectivity index (χ4v) is 3.12. The van der Waals surface area contributed by atoms with Crippen LogP contribution in [0.4, 0.5) is 18.0 Å². The summed E-state index contributed by atoms with van der Waals surface area (Å²) in [4.78, 5) is 25.7. The summed E-state index contributed by atoms with van der Waals surface area (Å²) in [5, 5.41) is 5.41. The van der Waals surface area contributed by atoms with Gasteiger partial charge in [-0.2, -0.15) is 13.2 Å². The SMILES string of the molecule is CCNC(=O)C1CCCN(C(=O)NCCc2ccccc2C(F)(F)F)C1. The molecule has 1 aliphatic rings. The molecule has 8 heteroatoms. The van der Waals surface area contributed by atoms with Crippen LogP contribution in [0.15, 0.2) is 24.3 Å². The minimum absolute atomic E-state index is 0.0656. The maximum absolute atomic E-state index is 13.0. The van der Waals surface area contributed by atoms with E-state index in [1.54, 1.807) is 11.0 Å². The molecule has 144 valence electrons. The number of alkyl halides is 3. The van der Waals surface area contributed by atoms with Crippen LogP contribution in [0, 0.1) is 5.92 Å². The monoisotopic (exact) mass is 371 g/mol. The Morgan fingerprint density at radius 2 is 1.96 bits per heavy atom. The molecule has 3 amide bonds. The van der Waals surface area contributed by atoms with Gasteiger partial charge in [0, 0.05) is 26.2 Å². The zero-order chi connectivity index (χ0) is 19.2. The second kappa shape index (κ2) is 8.91. The van der Waals surface area contributed by atoms with Crippen LogP contribution in [0.1, 0.15) is 30.9 Å². The zero-order valence-electron chi connectivity index (χ0n) is 14.7. The number of halogens is 3. The van der Waals surface area contributed by atoms with Gasteiger partial charge in [-0.3, -0.25) is 4.79 Å². The highest BCUT2D eigenvalue weighted by Gasteiger charge is 2.33. The van der Waals surface area contributed by atoms with Crippen molar-refractivity contribution in [1.29, 1.82) is 0 Å². The van der Waals surface area contributed by atoms with Crippen molar-refractivity contribution in [3.63, 3.8) is 0 Å². The molecule has 2 N–H and O–H groups in total. The second-order valence-electron chi connectivity index (χ2n) is 6.32. The summed E-state index contributed by atoms with van der Waals surface area (Å²) in [7, 11) is 0. The van der Waals surface area contributed by atoms with Crippen LogP contribution in [-0.4, -0.2) is 43.0 Å². The number of nitrogens with one attached hydrogen (secondary N) is 2. The number of rotatable bonds is 5. The highest BCUT2D eigenvalue weighted by molar-refractivity contribution is 5.80. The molecule has 0 saturated carbocycles. The van der Waals surface area contributed by atoms with Crippen molar-refractivity contribution in [3.8, 4) is 0 Å². The molecule has 5 nitrogen and oxygen atoms in total. The molecule has 1 saturated heterocycles. The van der Waals surface area contributed by atoms with Gasteiger partial charge >= 0.3 is 12.2 Å². The van der Waals surface area contributed by atoms with E-state index in [1.807, 2.05) is 6.92 Å². The van der Waals surface area contributed by atoms with Crippen LogP contribution in [-0.2, 0) is 17.4 Å². The lowest BCUT2D eigenvalue weighted by atomic mass is 9.97. The van der Waals surface area contributed by atoms with Crippen molar-refractivity contribution < 1.29 is 22.8 Å². The molecule has 1 atom stereocenters. The molecule has 1 fully saturated rings. The number of hydrogen-bond donors (Lipinski definition) is 2. The number of carbonyl (C=O) groups excluding carboxylic acids is 2. The Morgan fingerprint density at radius 3 is 2.65 bits per heavy atom. The van der Waals surface area contributed by atoms with Crippen molar-refractivity contribution in [3.05, 3.63) is 35.4 Å². The van der Waals surface area contributed by atoms with Gasteiger partial charge < -0.3 is 15.5 Å². The Hall–Kier alpha value is -2.25. The third-order valence-corrected chi connectivity index (χ3v) is 4.42. The van der Waals surface area contributed by atoms with E-state index >= 15 is 0 Å². The van der Waals surface area contributed by atoms with Crippen molar-refractivity contribution >= 4 is 11.9 Å². The summed E-state index contributed by atoms with van der Waals surface area (Å²) in [5.41, 5.74) is -0.525. The Balaban J connectivity index is 1.87. The molecule has 1 aromatic carbocycles. The van der Waals surface area contributed by atoms with Crippen LogP contribution in [0.3, 0.4) is 0 Å². The van der Waals surface area contributed by atoms with Gasteiger partial charge in [-0.25, -0.2) is 4.79 Å². The Labute approximate surface area is 150 Å². The number of piperidine rings is 1. The van der Waals surface area contributed by atoms with Crippen molar-refractivity contribution in [2.24, 2.45) is 5.92 Å². The molecule has 0 bridgehead atoms. The Bertz CT molecular complexity index is 634. The van der Waals surface area contributed by atoms with Crippen molar-refractivity contribution in [2.45, 2.75) is 32.4 Å². The maximum Gasteiger partial charge on any atom is 0.416 e. The molecule has 1 heterocycles. The lowest BCUT2D eigenvalue weighted by Crippen LogP contribution is -2.49. The summed E-state index contributed by atoms with van der Waals surface area (Å²) >= 11 is 0. The standard InChI is InChI=1S/C18H24F3N3O2/c1-2-22-16(25)14-7-5-11-24(12-14)17(26)23-10-9-13-6-3-4-8-15(13)18(19,20)21/h3-4,6,8,14H,2,5,7,9-12H2,1H3,(H,22,25)(H,23,26). The minimum Gasteiger partial charge on any atom is -0.356 e. The van der Waals surface area contributed by atoms with E-state index in [-0.39, 0.29) is 36.4 Å². The Morgan fingerprint density at radius 1 is 1.23 bits per heavy atom. The third kappa shape index (κ3) is 5.37. The van der Waals surface area contributed by atoms with Crippen LogP contribution >= 0.6 is 0 Å². The smallest absolute Gasteiger partial charge is 0.356 e. The van der Waals surface area contributed by atoms with Gasteiger partial charge in [0.15, 0.2) is 0 Å². The van der Waals surface area contributed by atoms with E-state index < -0.39 is 11.7 Å². The van der Waals surface area contributed by atoms with Crippen LogP contribution in [0.2, 0.25) is 0 Å². The molecular formula is C18H24F3N3O2. The van der Waals surface area contributed by atoms with Gasteiger partial charge in [0.05, 0.1) is 11.5 Å². The zero-order valence-corrected chi connectivity index (χ0v) is 14.7. The molecule has 0 aliphatic carbocycles. The molecular weight excluding hydrogens is 347 g/mol. The average Bonchev–Trinajstić information content (AvgIpc) is 2.61. The largest absolute Gasteiger partial charge is 0.416 e. The van der Waals surface area contributed by atoms with Gasteiger partial charge in [-0.1, -0.05) is 18.2 Å². The Kier molecular flexibility index (Phi) is 6.88. The fraction of sp³-hybridized carbons (Fsp3) is 0.556. The van der Waals surface area contributed by atoms with E-state index in [1.165, 1.54) is 12.1 Å². The number of benzene rings is 1. The first-order valence-corrected chi connectivity index (χ1v) is 8.78. The van der Waals surface area contributed by atoms with Gasteiger partial charge in [0.1, 0.15) is 0 Å². The molecule has 1 unspecified atom stereocenters. The van der Waals surface area contributed by atoms with Crippen molar-refractivity contribution in [2.75, 3.05) is 26.2 Å². The summed E-state index contributed by atoms with van der Waals surface area (Å²) in [6.07, 6.45) is -2.86. The van der Waals surface area contributed by atoms with E-state index in [0.717, 1.165) is 18.9 Å². The number of amides is 3. The van der Waals surface area contributed by atoms with E-state index in [4.69, 9.17) is 0 Å². The number of carbonyl (C=O) groups is 2. The normalized spacial score (nSPS) is 17.7. The second-order valence-corrected chi connectivity index (χ2v) is 6.32. The van der Waals surface area contributed by atoms with Crippen LogP contribution in [0.25, 0.3) is 0 Å². The first kappa shape index (κ1) is 20.1. The number of nitrogens with zero attached hydrogens (tertiary/aromatic N) is 1. The first-order valence-electron chi connectivity index (χ1n) is 8.78. The predicted molar refractivity (Wildman–Crippen MR) is 91.5 cm³/mol. The van der Waals surface area contributed by atoms with Crippen LogP contribution in [0.5, 0.6) is 0 Å². The molecule has 0 spiro atoms. The number of hydrogen-bond acceptors (Lipinski definition) is 2. The topological polar surface area (TPSA) is 61.4 Å². The summed E-state index contributed by atoms with van der Waals surface area (Å²) in [6.45, 7) is 3.36. The molecule has 0 aromatic heterocycles. The van der Waals surface area contributed by atoms with E-state index in [0.29, 0.717) is 19.6 Å². The van der Waals surface area contributed by atoms with Gasteiger partial charge in [-0.15, -0.1) is 0 Å². The van der Waals surface area contributed by atoms with E-state index in [2.05, 4.69) is 10.6 Å². The van der Waals surface area contributed by atoms with Gasteiger partial charge in [-0.05, 0) is 37.8 Å². The lowest BCUT2D eigenvalue weighted by molar-refractivity contribution is -0.138. The maximum atomic E-state index is 13.0. The molecule has 26 heavy (non-hydrogen) atoms. The minimum atomic E-state index is -4.41. The average molecular weight is 371 g/mol. The molecule has 1 aromatic rings. The summed E-state index contributed by atoms with van der Waals surface area (Å²) < 4.78 is 38.9. The number of likely N-dealkylation sites (tertiary alicyclic amines) is 1. The molecule has 0 radical (unpaired) electrons. The van der Waals surface area contributed by atoms with Gasteiger partial charge in [0.25, 0.3) is 0 Å². The van der Waals surface area contributed by atoms with Gasteiger partial charge in [0.2, 0.25) is 5.91 Å². The van der Waals surface area contributed by atoms with E-state index in [9.17, 15) is 22.8 Å². The van der Waals surface area contributed by atoms with Crippen LogP contribution < -0.4 is 10.6 Å². The van der Waals surface area contributed by atoms with Crippen molar-refractivity contribution in [1.82, 2.24) is 15.5 Å². The number of urea groups is 1. The molecule has 2 rings (SSSR count). The third-order valence-electron chi connectivity index (χ3n) is 4.42.